The van der Waals surface area contributed by atoms with Crippen molar-refractivity contribution in [3.05, 3.63) is 47.2 Å². The summed E-state index contributed by atoms with van der Waals surface area (Å²) in [6.07, 6.45) is 4.25. The zero-order valence-corrected chi connectivity index (χ0v) is 15.0. The minimum Gasteiger partial charge on any atom is -0.357 e. The Kier molecular flexibility index (Phi) is 3.94. The van der Waals surface area contributed by atoms with Crippen molar-refractivity contribution in [3.8, 4) is 0 Å². The van der Waals surface area contributed by atoms with Crippen LogP contribution >= 0.6 is 11.3 Å². The largest absolute Gasteiger partial charge is 0.357 e. The number of hydrogen-bond acceptors (Lipinski definition) is 4. The van der Waals surface area contributed by atoms with Gasteiger partial charge < -0.3 is 4.98 Å². The van der Waals surface area contributed by atoms with Crippen molar-refractivity contribution in [2.75, 3.05) is 6.54 Å². The van der Waals surface area contributed by atoms with Crippen LogP contribution < -0.4 is 0 Å². The van der Waals surface area contributed by atoms with E-state index < -0.39 is 10.0 Å². The molecule has 0 bridgehead atoms. The normalized spacial score (nSPS) is 19.8. The van der Waals surface area contributed by atoms with Gasteiger partial charge in [-0.05, 0) is 37.3 Å². The number of nitrogens with one attached hydrogen (secondary N) is 1. The second kappa shape index (κ2) is 5.98. The average Bonchev–Trinajstić information content (AvgIpc) is 3.21. The molecule has 5 nitrogen and oxygen atoms in total. The Hall–Kier alpha value is -1.70. The van der Waals surface area contributed by atoms with Crippen molar-refractivity contribution in [2.24, 2.45) is 0 Å². The molecule has 0 saturated carbocycles. The third kappa shape index (κ3) is 2.66. The molecule has 3 heterocycles. The lowest BCUT2D eigenvalue weighted by Gasteiger charge is -2.33. The number of sulfonamides is 1. The van der Waals surface area contributed by atoms with E-state index in [0.29, 0.717) is 10.8 Å². The van der Waals surface area contributed by atoms with Gasteiger partial charge in [-0.3, -0.25) is 0 Å². The van der Waals surface area contributed by atoms with E-state index in [2.05, 4.69) is 16.0 Å². The molecule has 0 spiro atoms. The maximum Gasteiger partial charge on any atom is 0.254 e. The second-order valence-electron chi connectivity index (χ2n) is 6.14. The summed E-state index contributed by atoms with van der Waals surface area (Å²) < 4.78 is 28.1. The highest BCUT2D eigenvalue weighted by Gasteiger charge is 2.36. The van der Waals surface area contributed by atoms with E-state index in [0.717, 1.165) is 40.9 Å². The van der Waals surface area contributed by atoms with Gasteiger partial charge in [-0.25, -0.2) is 13.4 Å². The molecule has 3 aromatic rings. The van der Waals surface area contributed by atoms with Crippen LogP contribution in [0.3, 0.4) is 0 Å². The number of para-hydroxylation sites is 1. The number of H-pyrrole nitrogens is 1. The Bertz CT molecular complexity index is 942. The van der Waals surface area contributed by atoms with Gasteiger partial charge in [0.2, 0.25) is 0 Å². The molecular formula is C17H19N3O2S2. The number of nitrogens with zero attached hydrogens (tertiary/aromatic N) is 2. The Balaban J connectivity index is 1.75. The van der Waals surface area contributed by atoms with E-state index in [-0.39, 0.29) is 6.04 Å². The van der Waals surface area contributed by atoms with E-state index >= 15 is 0 Å². The zero-order chi connectivity index (χ0) is 16.7. The molecule has 1 aromatic carbocycles. The van der Waals surface area contributed by atoms with Gasteiger partial charge in [0.15, 0.2) is 4.21 Å². The molecule has 24 heavy (non-hydrogen) atoms. The summed E-state index contributed by atoms with van der Waals surface area (Å²) in [6, 6.07) is 9.98. The molecular weight excluding hydrogens is 342 g/mol. The fourth-order valence-electron chi connectivity index (χ4n) is 3.36. The first-order valence-corrected chi connectivity index (χ1v) is 10.3. The standard InChI is InChI=1S/C17H19N3O2S2/c1-12-18-11-17(23-12)24(21,22)20-9-5-4-8-16(20)15-10-13-6-2-3-7-14(13)19-15/h2-3,6-7,10-11,16,19H,4-5,8-9H2,1H3. The first kappa shape index (κ1) is 15.8. The molecule has 1 unspecified atom stereocenters. The number of rotatable bonds is 3. The van der Waals surface area contributed by atoms with Gasteiger partial charge in [-0.2, -0.15) is 4.31 Å². The number of aryl methyl sites for hydroxylation is 1. The van der Waals surface area contributed by atoms with Gasteiger partial charge in [0, 0.05) is 17.8 Å². The number of hydrogen-bond donors (Lipinski definition) is 1. The van der Waals surface area contributed by atoms with Crippen LogP contribution in [0.1, 0.15) is 36.0 Å². The van der Waals surface area contributed by atoms with Gasteiger partial charge >= 0.3 is 0 Å². The van der Waals surface area contributed by atoms with Crippen LogP contribution in [0.15, 0.2) is 40.7 Å². The lowest BCUT2D eigenvalue weighted by Crippen LogP contribution is -2.38. The van der Waals surface area contributed by atoms with Crippen molar-refractivity contribution in [2.45, 2.75) is 36.4 Å². The smallest absolute Gasteiger partial charge is 0.254 e. The quantitative estimate of drug-likeness (QED) is 0.770. The summed E-state index contributed by atoms with van der Waals surface area (Å²) in [5, 5.41) is 1.89. The fraction of sp³-hybridized carbons (Fsp3) is 0.353. The average molecular weight is 361 g/mol. The Morgan fingerprint density at radius 1 is 1.29 bits per heavy atom. The molecule has 7 heteroatoms. The summed E-state index contributed by atoms with van der Waals surface area (Å²) in [6.45, 7) is 2.38. The predicted molar refractivity (Wildman–Crippen MR) is 95.6 cm³/mol. The topological polar surface area (TPSA) is 66.1 Å². The summed E-state index contributed by atoms with van der Waals surface area (Å²) in [7, 11) is -3.51. The van der Waals surface area contributed by atoms with Crippen molar-refractivity contribution in [1.29, 1.82) is 0 Å². The van der Waals surface area contributed by atoms with Gasteiger partial charge in [-0.1, -0.05) is 24.6 Å². The molecule has 1 saturated heterocycles. The molecule has 0 amide bonds. The first-order chi connectivity index (χ1) is 11.6. The van der Waals surface area contributed by atoms with Gasteiger partial charge in [0.05, 0.1) is 17.2 Å². The third-order valence-electron chi connectivity index (χ3n) is 4.53. The molecule has 126 valence electrons. The number of benzene rings is 1. The van der Waals surface area contributed by atoms with Crippen LogP contribution in [0, 0.1) is 6.92 Å². The highest BCUT2D eigenvalue weighted by molar-refractivity contribution is 7.91. The molecule has 2 aromatic heterocycles. The van der Waals surface area contributed by atoms with Crippen molar-refractivity contribution >= 4 is 32.3 Å². The van der Waals surface area contributed by atoms with E-state index in [4.69, 9.17) is 0 Å². The van der Waals surface area contributed by atoms with Crippen molar-refractivity contribution in [3.63, 3.8) is 0 Å². The van der Waals surface area contributed by atoms with Crippen LogP contribution in [-0.4, -0.2) is 29.2 Å². The molecule has 0 aliphatic carbocycles. The van der Waals surface area contributed by atoms with Crippen LogP contribution in [0.4, 0.5) is 0 Å². The van der Waals surface area contributed by atoms with Gasteiger partial charge in [0.1, 0.15) is 0 Å². The summed E-state index contributed by atoms with van der Waals surface area (Å²) in [4.78, 5) is 7.52. The summed E-state index contributed by atoms with van der Waals surface area (Å²) in [5.74, 6) is 0. The number of thiazole rings is 1. The van der Waals surface area contributed by atoms with Gasteiger partial charge in [0.25, 0.3) is 10.0 Å². The van der Waals surface area contributed by atoms with Crippen molar-refractivity contribution in [1.82, 2.24) is 14.3 Å². The SMILES string of the molecule is Cc1ncc(S(=O)(=O)N2CCCCC2c2cc3ccccc3[nH]2)s1. The summed E-state index contributed by atoms with van der Waals surface area (Å²) in [5.41, 5.74) is 2.02. The van der Waals surface area contributed by atoms with Crippen LogP contribution in [0.2, 0.25) is 0 Å². The number of fused-ring (bicyclic) bond motifs is 1. The monoisotopic (exact) mass is 361 g/mol. The molecule has 1 N–H and O–H groups in total. The highest BCUT2D eigenvalue weighted by Crippen LogP contribution is 2.37. The molecule has 0 radical (unpaired) electrons. The van der Waals surface area contributed by atoms with E-state index in [1.165, 1.54) is 17.5 Å². The lowest BCUT2D eigenvalue weighted by atomic mass is 10.0. The number of aromatic amines is 1. The highest BCUT2D eigenvalue weighted by atomic mass is 32.2. The molecule has 4 rings (SSSR count). The molecule has 1 fully saturated rings. The maximum atomic E-state index is 13.1. The zero-order valence-electron chi connectivity index (χ0n) is 13.4. The Morgan fingerprint density at radius 2 is 2.12 bits per heavy atom. The third-order valence-corrected chi connectivity index (χ3v) is 7.78. The van der Waals surface area contributed by atoms with Crippen LogP contribution in [-0.2, 0) is 10.0 Å². The maximum absolute atomic E-state index is 13.1. The summed E-state index contributed by atoms with van der Waals surface area (Å²) >= 11 is 1.24. The van der Waals surface area contributed by atoms with Gasteiger partial charge in [-0.15, -0.1) is 11.3 Å². The lowest BCUT2D eigenvalue weighted by molar-refractivity contribution is 0.253. The Morgan fingerprint density at radius 3 is 2.88 bits per heavy atom. The van der Waals surface area contributed by atoms with E-state index in [1.54, 1.807) is 4.31 Å². The van der Waals surface area contributed by atoms with E-state index in [1.807, 2.05) is 31.2 Å². The minimum absolute atomic E-state index is 0.140. The fourth-order valence-corrected chi connectivity index (χ4v) is 6.27. The Labute approximate surface area is 145 Å². The minimum atomic E-state index is -3.51. The number of aromatic nitrogens is 2. The van der Waals surface area contributed by atoms with Crippen molar-refractivity contribution < 1.29 is 8.42 Å². The predicted octanol–water partition coefficient (Wildman–Crippen LogP) is 3.85. The molecule has 1 aliphatic heterocycles. The first-order valence-electron chi connectivity index (χ1n) is 8.07. The molecule has 1 atom stereocenters. The molecule has 1 aliphatic rings. The second-order valence-corrected chi connectivity index (χ2v) is 9.49. The number of piperidine rings is 1. The van der Waals surface area contributed by atoms with E-state index in [9.17, 15) is 8.42 Å². The van der Waals surface area contributed by atoms with Crippen LogP contribution in [0.5, 0.6) is 0 Å². The van der Waals surface area contributed by atoms with Crippen LogP contribution in [0.25, 0.3) is 10.9 Å².